The Morgan fingerprint density at radius 1 is 1.53 bits per heavy atom. The average molecular weight is 288 g/mol. The van der Waals surface area contributed by atoms with E-state index in [-0.39, 0.29) is 41.7 Å². The fourth-order valence-corrected chi connectivity index (χ4v) is 2.90. The normalized spacial score (nSPS) is 22.7. The third-order valence-corrected chi connectivity index (χ3v) is 4.73. The summed E-state index contributed by atoms with van der Waals surface area (Å²) in [5, 5.41) is 12.1. The molecule has 1 saturated heterocycles. The van der Waals surface area contributed by atoms with Gasteiger partial charge in [0.25, 0.3) is 0 Å². The number of rotatable bonds is 6. The molecule has 1 fully saturated rings. The third-order valence-electron chi connectivity index (χ3n) is 3.56. The van der Waals surface area contributed by atoms with Gasteiger partial charge >= 0.3 is 0 Å². The van der Waals surface area contributed by atoms with Crippen LogP contribution in [0.5, 0.6) is 0 Å². The maximum Gasteiger partial charge on any atom is 0.225 e. The van der Waals surface area contributed by atoms with Crippen LogP contribution in [0.25, 0.3) is 0 Å². The monoisotopic (exact) mass is 288 g/mol. The van der Waals surface area contributed by atoms with Crippen molar-refractivity contribution in [1.82, 2.24) is 10.2 Å². The van der Waals surface area contributed by atoms with Gasteiger partial charge in [0.05, 0.1) is 12.5 Å². The Kier molecular flexibility index (Phi) is 6.13. The Morgan fingerprint density at radius 3 is 2.58 bits per heavy atom. The van der Waals surface area contributed by atoms with Gasteiger partial charge in [-0.1, -0.05) is 0 Å². The van der Waals surface area contributed by atoms with E-state index in [2.05, 4.69) is 5.32 Å². The molecule has 3 atom stereocenters. The van der Waals surface area contributed by atoms with E-state index in [4.69, 9.17) is 0 Å². The minimum absolute atomic E-state index is 0.0118. The van der Waals surface area contributed by atoms with Crippen LogP contribution in [0.15, 0.2) is 0 Å². The van der Waals surface area contributed by atoms with Gasteiger partial charge in [0, 0.05) is 30.3 Å². The largest absolute Gasteiger partial charge is 0.395 e. The lowest BCUT2D eigenvalue weighted by Crippen LogP contribution is -2.44. The van der Waals surface area contributed by atoms with Crippen molar-refractivity contribution >= 4 is 23.6 Å². The topological polar surface area (TPSA) is 69.6 Å². The van der Waals surface area contributed by atoms with Gasteiger partial charge in [-0.25, -0.2) is 0 Å². The number of thioether (sulfide) groups is 1. The smallest absolute Gasteiger partial charge is 0.225 e. The predicted molar refractivity (Wildman–Crippen MR) is 76.9 cm³/mol. The lowest BCUT2D eigenvalue weighted by molar-refractivity contribution is -0.130. The van der Waals surface area contributed by atoms with Gasteiger partial charge < -0.3 is 15.3 Å². The highest BCUT2D eigenvalue weighted by Crippen LogP contribution is 2.21. The van der Waals surface area contributed by atoms with E-state index in [1.165, 1.54) is 11.8 Å². The number of aliphatic hydroxyl groups excluding tert-OH is 1. The Bertz CT molecular complexity index is 332. The number of carbonyl (C=O) groups is 2. The Morgan fingerprint density at radius 2 is 2.16 bits per heavy atom. The minimum Gasteiger partial charge on any atom is -0.395 e. The molecule has 110 valence electrons. The minimum atomic E-state index is -0.265. The predicted octanol–water partition coefficient (Wildman–Crippen LogP) is 0.472. The molecule has 3 unspecified atom stereocenters. The van der Waals surface area contributed by atoms with Crippen molar-refractivity contribution in [3.05, 3.63) is 0 Å². The Balaban J connectivity index is 2.54. The molecular weight excluding hydrogens is 264 g/mol. The highest BCUT2D eigenvalue weighted by Gasteiger charge is 2.36. The Hall–Kier alpha value is -0.750. The van der Waals surface area contributed by atoms with Crippen LogP contribution in [0.1, 0.15) is 27.2 Å². The Labute approximate surface area is 119 Å². The molecule has 1 rings (SSSR count). The molecule has 1 aliphatic heterocycles. The summed E-state index contributed by atoms with van der Waals surface area (Å²) in [7, 11) is 0. The summed E-state index contributed by atoms with van der Waals surface area (Å²) in [5.41, 5.74) is 0. The van der Waals surface area contributed by atoms with Crippen molar-refractivity contribution in [3.63, 3.8) is 0 Å². The second-order valence-electron chi connectivity index (χ2n) is 5.29. The summed E-state index contributed by atoms with van der Waals surface area (Å²) >= 11 is 1.53. The molecule has 0 aromatic carbocycles. The third kappa shape index (κ3) is 4.11. The molecular formula is C13H24N2O3S. The molecule has 2 amide bonds. The van der Waals surface area contributed by atoms with Gasteiger partial charge in [-0.2, -0.15) is 11.8 Å². The summed E-state index contributed by atoms with van der Waals surface area (Å²) < 4.78 is 0. The van der Waals surface area contributed by atoms with Crippen molar-refractivity contribution in [3.8, 4) is 0 Å². The number of aliphatic hydroxyl groups is 1. The molecule has 5 nitrogen and oxygen atoms in total. The van der Waals surface area contributed by atoms with E-state index >= 15 is 0 Å². The van der Waals surface area contributed by atoms with Gasteiger partial charge in [-0.3, -0.25) is 9.59 Å². The van der Waals surface area contributed by atoms with E-state index in [1.54, 1.807) is 4.90 Å². The van der Waals surface area contributed by atoms with Crippen LogP contribution in [0.4, 0.5) is 0 Å². The number of hydrogen-bond acceptors (Lipinski definition) is 4. The van der Waals surface area contributed by atoms with Crippen molar-refractivity contribution < 1.29 is 14.7 Å². The molecule has 0 radical (unpaired) electrons. The van der Waals surface area contributed by atoms with Crippen LogP contribution in [-0.4, -0.2) is 58.6 Å². The molecule has 1 aliphatic rings. The first-order valence-electron chi connectivity index (χ1n) is 6.64. The molecule has 6 heteroatoms. The van der Waals surface area contributed by atoms with E-state index in [0.29, 0.717) is 13.0 Å². The van der Waals surface area contributed by atoms with E-state index in [1.807, 2.05) is 27.0 Å². The van der Waals surface area contributed by atoms with E-state index in [9.17, 15) is 14.7 Å². The quantitative estimate of drug-likeness (QED) is 0.745. The first-order valence-corrected chi connectivity index (χ1v) is 7.93. The zero-order valence-corrected chi connectivity index (χ0v) is 12.9. The SMILES string of the molecule is CSC(CO)C(C)NC(=O)C1CC(=O)N(C(C)C)C1. The van der Waals surface area contributed by atoms with Crippen LogP contribution < -0.4 is 5.32 Å². The molecule has 0 saturated carbocycles. The van der Waals surface area contributed by atoms with Gasteiger partial charge in [0.15, 0.2) is 0 Å². The fraction of sp³-hybridized carbons (Fsp3) is 0.846. The van der Waals surface area contributed by atoms with Gasteiger partial charge in [-0.15, -0.1) is 0 Å². The van der Waals surface area contributed by atoms with Crippen LogP contribution in [0.3, 0.4) is 0 Å². The van der Waals surface area contributed by atoms with E-state index in [0.717, 1.165) is 0 Å². The molecule has 0 aliphatic carbocycles. The molecule has 2 N–H and O–H groups in total. The number of nitrogens with zero attached hydrogens (tertiary/aromatic N) is 1. The summed E-state index contributed by atoms with van der Waals surface area (Å²) in [6.07, 6.45) is 2.20. The molecule has 0 spiro atoms. The number of hydrogen-bond donors (Lipinski definition) is 2. The van der Waals surface area contributed by atoms with Crippen molar-refractivity contribution in [1.29, 1.82) is 0 Å². The first kappa shape index (κ1) is 16.3. The summed E-state index contributed by atoms with van der Waals surface area (Å²) in [4.78, 5) is 25.6. The van der Waals surface area contributed by atoms with Crippen molar-refractivity contribution in [2.45, 2.75) is 44.5 Å². The zero-order chi connectivity index (χ0) is 14.6. The lowest BCUT2D eigenvalue weighted by atomic mass is 10.1. The number of nitrogens with one attached hydrogen (secondary N) is 1. The fourth-order valence-electron chi connectivity index (χ4n) is 2.28. The molecule has 1 heterocycles. The first-order chi connectivity index (χ1) is 8.90. The summed E-state index contributed by atoms with van der Waals surface area (Å²) in [6, 6.07) is 0.0369. The molecule has 0 aromatic heterocycles. The average Bonchev–Trinajstić information content (AvgIpc) is 2.73. The maximum absolute atomic E-state index is 12.1. The summed E-state index contributed by atoms with van der Waals surface area (Å²) in [6.45, 7) is 6.32. The highest BCUT2D eigenvalue weighted by atomic mass is 32.2. The zero-order valence-electron chi connectivity index (χ0n) is 12.0. The van der Waals surface area contributed by atoms with Crippen molar-refractivity contribution in [2.75, 3.05) is 19.4 Å². The second-order valence-corrected chi connectivity index (χ2v) is 6.37. The van der Waals surface area contributed by atoms with Crippen LogP contribution >= 0.6 is 11.8 Å². The standard InChI is InChI=1S/C13H24N2O3S/c1-8(2)15-6-10(5-12(15)17)13(18)14-9(3)11(7-16)19-4/h8-11,16H,5-7H2,1-4H3,(H,14,18). The highest BCUT2D eigenvalue weighted by molar-refractivity contribution is 7.99. The second kappa shape index (κ2) is 7.14. The number of likely N-dealkylation sites (tertiary alicyclic amines) is 1. The van der Waals surface area contributed by atoms with Crippen LogP contribution in [0.2, 0.25) is 0 Å². The van der Waals surface area contributed by atoms with Crippen LogP contribution in [-0.2, 0) is 9.59 Å². The van der Waals surface area contributed by atoms with Crippen molar-refractivity contribution in [2.24, 2.45) is 5.92 Å². The van der Waals surface area contributed by atoms with Crippen LogP contribution in [0, 0.1) is 5.92 Å². The number of carbonyl (C=O) groups excluding carboxylic acids is 2. The van der Waals surface area contributed by atoms with Gasteiger partial charge in [0.1, 0.15) is 0 Å². The lowest BCUT2D eigenvalue weighted by Gasteiger charge is -2.24. The van der Waals surface area contributed by atoms with Gasteiger partial charge in [-0.05, 0) is 27.0 Å². The maximum atomic E-state index is 12.1. The molecule has 0 bridgehead atoms. The molecule has 19 heavy (non-hydrogen) atoms. The molecule has 0 aromatic rings. The van der Waals surface area contributed by atoms with E-state index < -0.39 is 0 Å². The number of amides is 2. The summed E-state index contributed by atoms with van der Waals surface area (Å²) in [5.74, 6) is -0.304. The van der Waals surface area contributed by atoms with Gasteiger partial charge in [0.2, 0.25) is 11.8 Å².